The highest BCUT2D eigenvalue weighted by molar-refractivity contribution is 7.09. The van der Waals surface area contributed by atoms with Crippen molar-refractivity contribution in [2.75, 3.05) is 17.2 Å². The molecule has 0 amide bonds. The van der Waals surface area contributed by atoms with Crippen molar-refractivity contribution in [2.24, 2.45) is 10.9 Å². The molecule has 0 saturated heterocycles. The maximum absolute atomic E-state index is 9.57. The van der Waals surface area contributed by atoms with Crippen LogP contribution in [-0.2, 0) is 19.4 Å². The van der Waals surface area contributed by atoms with Gasteiger partial charge in [-0.3, -0.25) is 4.99 Å². The van der Waals surface area contributed by atoms with Crippen molar-refractivity contribution in [3.05, 3.63) is 56.7 Å². The van der Waals surface area contributed by atoms with Crippen molar-refractivity contribution >= 4 is 35.4 Å². The van der Waals surface area contributed by atoms with Gasteiger partial charge in [-0.05, 0) is 51.2 Å². The summed E-state index contributed by atoms with van der Waals surface area (Å²) < 4.78 is 6.20. The second-order valence-electron chi connectivity index (χ2n) is 9.01. The highest BCUT2D eigenvalue weighted by atomic mass is 32.1. The Morgan fingerprint density at radius 2 is 2.15 bits per heavy atom. The summed E-state index contributed by atoms with van der Waals surface area (Å²) in [5, 5.41) is 19.5. The fourth-order valence-corrected chi connectivity index (χ4v) is 5.20. The first-order valence-corrected chi connectivity index (χ1v) is 12.6. The maximum Gasteiger partial charge on any atom is 0.225 e. The van der Waals surface area contributed by atoms with Crippen LogP contribution in [0.4, 0.5) is 11.8 Å². The molecule has 0 radical (unpaired) electrons. The van der Waals surface area contributed by atoms with Gasteiger partial charge >= 0.3 is 0 Å². The van der Waals surface area contributed by atoms with Crippen LogP contribution in [0, 0.1) is 12.8 Å². The molecule has 178 valence electrons. The van der Waals surface area contributed by atoms with Crippen LogP contribution in [-0.4, -0.2) is 38.9 Å². The Bertz CT molecular complexity index is 1200. The molecule has 9 heteroatoms. The van der Waals surface area contributed by atoms with Gasteiger partial charge in [-0.25, -0.2) is 9.97 Å². The zero-order chi connectivity index (χ0) is 23.5. The van der Waals surface area contributed by atoms with Crippen molar-refractivity contribution in [2.45, 2.75) is 58.5 Å². The van der Waals surface area contributed by atoms with E-state index < -0.39 is 0 Å². The van der Waals surface area contributed by atoms with Crippen LogP contribution >= 0.6 is 11.3 Å². The van der Waals surface area contributed by atoms with E-state index in [0.29, 0.717) is 31.3 Å². The molecule has 3 N–H and O–H groups in total. The first-order valence-electron chi connectivity index (χ1n) is 11.8. The van der Waals surface area contributed by atoms with Gasteiger partial charge in [0.25, 0.3) is 0 Å². The third-order valence-electron chi connectivity index (χ3n) is 6.42. The number of aliphatic hydroxyl groups excluding tert-OH is 1. The number of hydrogen-bond donors (Lipinski definition) is 3. The lowest BCUT2D eigenvalue weighted by Gasteiger charge is -2.19. The van der Waals surface area contributed by atoms with E-state index in [1.807, 2.05) is 25.4 Å². The molecule has 4 heterocycles. The number of allylic oxidation sites excluding steroid dienone is 1. The van der Waals surface area contributed by atoms with Crippen molar-refractivity contribution in [1.82, 2.24) is 15.0 Å². The van der Waals surface area contributed by atoms with E-state index in [4.69, 9.17) is 14.4 Å². The number of aliphatic hydroxyl groups is 1. The lowest BCUT2D eigenvalue weighted by Crippen LogP contribution is -2.20. The van der Waals surface area contributed by atoms with Crippen LogP contribution in [0.5, 0.6) is 0 Å². The molecule has 0 spiro atoms. The standard InChI is InChI=1S/C25H30N6O2S/c1-15-9-18-11-20(33-22(18)5-6-26-15)12-21-16(2)29-25(28-13-23-27-7-8-34-23)31-24(21)30-19-4-3-17(10-19)14-32/h6-9,11,17,19,32H,3-5,10,12-14H2,1-2H3,(H2,28,29,30,31). The van der Waals surface area contributed by atoms with Gasteiger partial charge < -0.3 is 20.2 Å². The Morgan fingerprint density at radius 3 is 2.94 bits per heavy atom. The third-order valence-corrected chi connectivity index (χ3v) is 7.19. The summed E-state index contributed by atoms with van der Waals surface area (Å²) >= 11 is 1.60. The number of nitrogens with zero attached hydrogens (tertiary/aromatic N) is 4. The molecule has 1 saturated carbocycles. The van der Waals surface area contributed by atoms with Crippen molar-refractivity contribution in [3.8, 4) is 0 Å². The SMILES string of the molecule is CC1=Cc2cc(Cc3c(C)nc(NCc4nccs4)nc3NC3CCC(CO)C3)oc2CC=N1. The van der Waals surface area contributed by atoms with Gasteiger partial charge in [0.05, 0.1) is 6.54 Å². The summed E-state index contributed by atoms with van der Waals surface area (Å²) in [6.45, 7) is 4.84. The van der Waals surface area contributed by atoms with E-state index in [2.05, 4.69) is 32.8 Å². The second-order valence-corrected chi connectivity index (χ2v) is 9.99. The average molecular weight is 479 g/mol. The highest BCUT2D eigenvalue weighted by Crippen LogP contribution is 2.31. The lowest BCUT2D eigenvalue weighted by atomic mass is 10.1. The molecule has 8 nitrogen and oxygen atoms in total. The fraction of sp³-hybridized carbons (Fsp3) is 0.440. The molecule has 2 atom stereocenters. The van der Waals surface area contributed by atoms with Crippen LogP contribution in [0.3, 0.4) is 0 Å². The van der Waals surface area contributed by atoms with Gasteiger partial charge in [-0.2, -0.15) is 4.98 Å². The van der Waals surface area contributed by atoms with Crippen LogP contribution in [0.2, 0.25) is 0 Å². The van der Waals surface area contributed by atoms with Crippen LogP contribution in [0.1, 0.15) is 59.5 Å². The Hall–Kier alpha value is -3.04. The number of nitrogens with one attached hydrogen (secondary N) is 2. The number of thiazole rings is 1. The average Bonchev–Trinajstić information content (AvgIpc) is 3.55. The number of fused-ring (bicyclic) bond motifs is 1. The smallest absolute Gasteiger partial charge is 0.225 e. The zero-order valence-electron chi connectivity index (χ0n) is 19.5. The summed E-state index contributed by atoms with van der Waals surface area (Å²) in [6, 6.07) is 2.38. The van der Waals surface area contributed by atoms with E-state index in [9.17, 15) is 5.11 Å². The molecular formula is C25H30N6O2S. The molecule has 1 aliphatic carbocycles. The predicted octanol–water partition coefficient (Wildman–Crippen LogP) is 4.60. The van der Waals surface area contributed by atoms with Crippen molar-refractivity contribution in [1.29, 1.82) is 0 Å². The minimum absolute atomic E-state index is 0.239. The molecular weight excluding hydrogens is 448 g/mol. The number of furan rings is 1. The highest BCUT2D eigenvalue weighted by Gasteiger charge is 2.26. The minimum atomic E-state index is 0.239. The maximum atomic E-state index is 9.57. The first kappa shape index (κ1) is 22.7. The summed E-state index contributed by atoms with van der Waals surface area (Å²) in [5.41, 5.74) is 4.01. The molecule has 5 rings (SSSR count). The van der Waals surface area contributed by atoms with Gasteiger partial charge in [0.15, 0.2) is 0 Å². The molecule has 34 heavy (non-hydrogen) atoms. The van der Waals surface area contributed by atoms with E-state index in [1.54, 1.807) is 17.5 Å². The lowest BCUT2D eigenvalue weighted by molar-refractivity contribution is 0.229. The largest absolute Gasteiger partial charge is 0.465 e. The van der Waals surface area contributed by atoms with Gasteiger partial charge in [-0.1, -0.05) is 0 Å². The molecule has 2 unspecified atom stereocenters. The van der Waals surface area contributed by atoms with Crippen LogP contribution < -0.4 is 10.6 Å². The number of rotatable bonds is 8. The van der Waals surface area contributed by atoms with Gasteiger partial charge in [0.1, 0.15) is 22.3 Å². The topological polar surface area (TPSA) is 108 Å². The third kappa shape index (κ3) is 5.20. The number of aryl methyl sites for hydroxylation is 1. The van der Waals surface area contributed by atoms with Gasteiger partial charge in [-0.15, -0.1) is 11.3 Å². The number of aromatic nitrogens is 3. The summed E-state index contributed by atoms with van der Waals surface area (Å²) in [5.74, 6) is 3.59. The molecule has 1 fully saturated rings. The van der Waals surface area contributed by atoms with E-state index in [-0.39, 0.29) is 12.6 Å². The number of hydrogen-bond acceptors (Lipinski definition) is 9. The van der Waals surface area contributed by atoms with Crippen molar-refractivity contribution < 1.29 is 9.52 Å². The summed E-state index contributed by atoms with van der Waals surface area (Å²) in [7, 11) is 0. The normalized spacial score (nSPS) is 19.6. The van der Waals surface area contributed by atoms with Gasteiger partial charge in [0, 0.05) is 65.8 Å². The Kier molecular flexibility index (Phi) is 6.73. The monoisotopic (exact) mass is 478 g/mol. The predicted molar refractivity (Wildman–Crippen MR) is 135 cm³/mol. The second kappa shape index (κ2) is 10.1. The zero-order valence-corrected chi connectivity index (χ0v) is 20.4. The first-order chi connectivity index (χ1) is 16.6. The van der Waals surface area contributed by atoms with Gasteiger partial charge in [0.2, 0.25) is 5.95 Å². The fourth-order valence-electron chi connectivity index (χ4n) is 4.64. The Morgan fingerprint density at radius 1 is 1.24 bits per heavy atom. The quantitative estimate of drug-likeness (QED) is 0.434. The van der Waals surface area contributed by atoms with E-state index in [0.717, 1.165) is 64.1 Å². The number of anilines is 2. The molecule has 2 aliphatic rings. The van der Waals surface area contributed by atoms with Crippen LogP contribution in [0.15, 0.2) is 32.7 Å². The van der Waals surface area contributed by atoms with E-state index in [1.165, 1.54) is 0 Å². The Balaban J connectivity index is 1.41. The molecule has 0 aromatic carbocycles. The van der Waals surface area contributed by atoms with E-state index >= 15 is 0 Å². The molecule has 1 aliphatic heterocycles. The Labute approximate surface area is 203 Å². The van der Waals surface area contributed by atoms with Crippen molar-refractivity contribution in [3.63, 3.8) is 0 Å². The number of aliphatic imine (C=N–C) groups is 1. The van der Waals surface area contributed by atoms with Crippen LogP contribution in [0.25, 0.3) is 6.08 Å². The molecule has 3 aromatic rings. The summed E-state index contributed by atoms with van der Waals surface area (Å²) in [4.78, 5) is 18.3. The molecule has 3 aromatic heterocycles. The molecule has 0 bridgehead atoms. The summed E-state index contributed by atoms with van der Waals surface area (Å²) in [6.07, 6.45) is 10.0. The minimum Gasteiger partial charge on any atom is -0.465 e.